The number of ether oxygens (including phenoxy) is 1. The molecule has 0 fully saturated rings. The van der Waals surface area contributed by atoms with Crippen LogP contribution in [0.15, 0.2) is 62.5 Å². The summed E-state index contributed by atoms with van der Waals surface area (Å²) < 4.78 is 64.2. The second kappa shape index (κ2) is 17.7. The molecule has 47 heavy (non-hydrogen) atoms. The fourth-order valence-corrected chi connectivity index (χ4v) is 7.93. The first kappa shape index (κ1) is 39.1. The number of esters is 1. The Morgan fingerprint density at radius 3 is 2.34 bits per heavy atom. The van der Waals surface area contributed by atoms with Crippen molar-refractivity contribution >= 4 is 62.4 Å². The Hall–Kier alpha value is -4.09. The number of urea groups is 1. The van der Waals surface area contributed by atoms with Gasteiger partial charge in [-0.25, -0.2) is 18.0 Å². The summed E-state index contributed by atoms with van der Waals surface area (Å²) in [5.74, 6) is -3.12. The van der Waals surface area contributed by atoms with Crippen LogP contribution in [0.25, 0.3) is 11.1 Å². The lowest BCUT2D eigenvalue weighted by atomic mass is 10.00. The van der Waals surface area contributed by atoms with Gasteiger partial charge in [-0.05, 0) is 80.0 Å². The van der Waals surface area contributed by atoms with Crippen molar-refractivity contribution in [3.8, 4) is 11.1 Å². The van der Waals surface area contributed by atoms with Gasteiger partial charge in [0.1, 0.15) is 5.84 Å². The number of carbonyl (C=O) groups is 3. The number of sulfone groups is 1. The average Bonchev–Trinajstić information content (AvgIpc) is 3.45. The van der Waals surface area contributed by atoms with Gasteiger partial charge in [0.2, 0.25) is 9.84 Å². The topological polar surface area (TPSA) is 189 Å². The lowest BCUT2D eigenvalue weighted by Gasteiger charge is -2.12. The molecule has 256 valence electrons. The van der Waals surface area contributed by atoms with E-state index in [4.69, 9.17) is 25.8 Å². The number of carbonyl (C=O) groups excluding carboxylic acids is 2. The maximum atomic E-state index is 13.5. The molecule has 0 bridgehead atoms. The third-order valence-corrected chi connectivity index (χ3v) is 10.6. The number of amides is 2. The summed E-state index contributed by atoms with van der Waals surface area (Å²) >= 11 is 2.49. The normalized spacial score (nSPS) is 11.2. The van der Waals surface area contributed by atoms with E-state index in [0.717, 1.165) is 36.0 Å². The van der Waals surface area contributed by atoms with Gasteiger partial charge >= 0.3 is 24.1 Å². The zero-order valence-electron chi connectivity index (χ0n) is 25.7. The molecule has 0 aliphatic carbocycles. The van der Waals surface area contributed by atoms with Crippen molar-refractivity contribution in [3.63, 3.8) is 0 Å². The molecule has 0 saturated heterocycles. The molecule has 3 aromatic rings. The number of unbranched alkanes of at least 4 members (excludes halogenated alkanes) is 2. The number of halogens is 3. The largest absolute Gasteiger partial charge is 0.490 e. The van der Waals surface area contributed by atoms with Gasteiger partial charge in [-0.15, -0.1) is 23.1 Å². The minimum atomic E-state index is -5.08. The zero-order chi connectivity index (χ0) is 35.4. The van der Waals surface area contributed by atoms with Crippen LogP contribution in [-0.4, -0.2) is 62.9 Å². The molecule has 0 saturated carbocycles. The quantitative estimate of drug-likeness (QED) is 0.0436. The van der Waals surface area contributed by atoms with E-state index in [1.54, 1.807) is 37.4 Å². The van der Waals surface area contributed by atoms with Gasteiger partial charge in [-0.3, -0.25) is 10.2 Å². The van der Waals surface area contributed by atoms with Crippen molar-refractivity contribution in [2.45, 2.75) is 59.7 Å². The van der Waals surface area contributed by atoms with Crippen LogP contribution in [0, 0.1) is 12.3 Å². The maximum Gasteiger partial charge on any atom is 0.490 e. The summed E-state index contributed by atoms with van der Waals surface area (Å²) in [7, 11) is -3.83. The summed E-state index contributed by atoms with van der Waals surface area (Å²) in [4.78, 5) is 33.3. The summed E-state index contributed by atoms with van der Waals surface area (Å²) in [5, 5.41) is 20.4. The number of carboxylic acids is 1. The number of amidine groups is 1. The highest BCUT2D eigenvalue weighted by atomic mass is 32.2. The van der Waals surface area contributed by atoms with Crippen LogP contribution in [0.4, 0.5) is 23.7 Å². The first-order chi connectivity index (χ1) is 22.0. The Morgan fingerprint density at radius 2 is 1.77 bits per heavy atom. The highest BCUT2D eigenvalue weighted by Crippen LogP contribution is 2.38. The van der Waals surface area contributed by atoms with E-state index < -0.39 is 22.0 Å². The Balaban J connectivity index is 0.000000984. The van der Waals surface area contributed by atoms with Crippen LogP contribution in [-0.2, 0) is 24.2 Å². The predicted molar refractivity (Wildman–Crippen MR) is 175 cm³/mol. The van der Waals surface area contributed by atoms with Gasteiger partial charge in [-0.2, -0.15) is 13.2 Å². The molecule has 1 heterocycles. The number of thiophene rings is 1. The second-order valence-electron chi connectivity index (χ2n) is 9.74. The SMILES string of the molecule is CCOC(=O)CCCCCNC(=O)Nc1ccc(-c2cccc(S(=O)(=O)c3cc(C(=N)N)sc3SC)c2)c(C)c1.O=C(O)C(F)(F)F. The van der Waals surface area contributed by atoms with Crippen molar-refractivity contribution in [1.29, 1.82) is 5.41 Å². The molecule has 0 atom stereocenters. The van der Waals surface area contributed by atoms with Gasteiger partial charge in [0.25, 0.3) is 0 Å². The average molecular weight is 717 g/mol. The lowest BCUT2D eigenvalue weighted by Crippen LogP contribution is -2.29. The molecule has 6 N–H and O–H groups in total. The fraction of sp³-hybridized carbons (Fsp3) is 0.333. The van der Waals surface area contributed by atoms with Crippen LogP contribution in [0.2, 0.25) is 0 Å². The number of alkyl halides is 3. The molecule has 0 radical (unpaired) electrons. The number of hydrogen-bond donors (Lipinski definition) is 5. The highest BCUT2D eigenvalue weighted by Gasteiger charge is 2.38. The molecular weight excluding hydrogens is 682 g/mol. The molecule has 2 amide bonds. The molecule has 11 nitrogen and oxygen atoms in total. The Bertz CT molecular complexity index is 1690. The lowest BCUT2D eigenvalue weighted by molar-refractivity contribution is -0.192. The van der Waals surface area contributed by atoms with Crippen LogP contribution in [0.1, 0.15) is 43.0 Å². The number of carboxylic acid groups (broad SMARTS) is 1. The van der Waals surface area contributed by atoms with E-state index in [1.807, 2.05) is 25.1 Å². The molecule has 0 aliphatic rings. The fourth-order valence-electron chi connectivity index (χ4n) is 4.02. The number of benzene rings is 2. The van der Waals surface area contributed by atoms with Gasteiger partial charge in [0.15, 0.2) is 0 Å². The van der Waals surface area contributed by atoms with E-state index in [9.17, 15) is 31.2 Å². The Labute approximate surface area is 278 Å². The molecule has 17 heteroatoms. The Kier molecular flexibility index (Phi) is 14.7. The number of thioether (sulfide) groups is 1. The number of anilines is 1. The van der Waals surface area contributed by atoms with Crippen molar-refractivity contribution in [2.75, 3.05) is 24.7 Å². The molecule has 0 aliphatic heterocycles. The first-order valence-corrected chi connectivity index (χ1v) is 17.5. The number of nitrogens with one attached hydrogen (secondary N) is 3. The van der Waals surface area contributed by atoms with Crippen molar-refractivity contribution in [3.05, 3.63) is 59.0 Å². The summed E-state index contributed by atoms with van der Waals surface area (Å²) in [6.07, 6.45) is -0.627. The third-order valence-electron chi connectivity index (χ3n) is 6.24. The zero-order valence-corrected chi connectivity index (χ0v) is 28.1. The third kappa shape index (κ3) is 11.9. The molecule has 1 aromatic heterocycles. The van der Waals surface area contributed by atoms with Crippen molar-refractivity contribution in [2.24, 2.45) is 5.73 Å². The van der Waals surface area contributed by atoms with Gasteiger partial charge in [-0.1, -0.05) is 24.6 Å². The van der Waals surface area contributed by atoms with E-state index in [2.05, 4.69) is 10.6 Å². The van der Waals surface area contributed by atoms with E-state index >= 15 is 0 Å². The first-order valence-electron chi connectivity index (χ1n) is 14.0. The van der Waals surface area contributed by atoms with Crippen LogP contribution < -0.4 is 16.4 Å². The standard InChI is InChI=1S/C28H34N4O5S3.C2HF3O2/c1-4-37-25(33)11-6-5-7-14-31-28(34)32-20-12-13-22(18(2)15-20)19-9-8-10-21(16-19)40(35,36)24-17-23(26(29)30)39-27(24)38-3;3-2(4,5)1(6)7/h8-10,12-13,15-17H,4-7,11,14H2,1-3H3,(H3,29,30)(H2,31,32,34);(H,6,7). The number of hydrogen-bond acceptors (Lipinski definition) is 9. The number of aryl methyl sites for hydroxylation is 1. The van der Waals surface area contributed by atoms with Gasteiger partial charge in [0, 0.05) is 18.7 Å². The smallest absolute Gasteiger partial charge is 0.475 e. The van der Waals surface area contributed by atoms with E-state index in [1.165, 1.54) is 29.2 Å². The van der Waals surface area contributed by atoms with Crippen LogP contribution in [0.3, 0.4) is 0 Å². The van der Waals surface area contributed by atoms with Crippen molar-refractivity contribution < 1.29 is 45.8 Å². The summed E-state index contributed by atoms with van der Waals surface area (Å²) in [6, 6.07) is 13.3. The number of nitrogens with two attached hydrogens (primary N) is 1. The second-order valence-corrected chi connectivity index (χ2v) is 13.8. The minimum Gasteiger partial charge on any atom is -0.475 e. The van der Waals surface area contributed by atoms with Gasteiger partial charge in [0.05, 0.1) is 25.5 Å². The molecular formula is C30H35F3N4O7S3. The van der Waals surface area contributed by atoms with Gasteiger partial charge < -0.3 is 26.2 Å². The van der Waals surface area contributed by atoms with Crippen molar-refractivity contribution in [1.82, 2.24) is 5.32 Å². The Morgan fingerprint density at radius 1 is 1.09 bits per heavy atom. The molecule has 2 aromatic carbocycles. The number of rotatable bonds is 13. The van der Waals surface area contributed by atoms with E-state index in [0.29, 0.717) is 34.3 Å². The maximum absolute atomic E-state index is 13.5. The molecule has 3 rings (SSSR count). The minimum absolute atomic E-state index is 0.147. The summed E-state index contributed by atoms with van der Waals surface area (Å²) in [5.41, 5.74) is 8.64. The summed E-state index contributed by atoms with van der Waals surface area (Å²) in [6.45, 7) is 4.55. The number of nitrogen functional groups attached to an aromatic ring is 1. The van der Waals surface area contributed by atoms with Crippen LogP contribution >= 0.6 is 23.1 Å². The predicted octanol–water partition coefficient (Wildman–Crippen LogP) is 6.44. The highest BCUT2D eigenvalue weighted by molar-refractivity contribution is 8.01. The van der Waals surface area contributed by atoms with Crippen LogP contribution in [0.5, 0.6) is 0 Å². The molecule has 0 spiro atoms. The monoisotopic (exact) mass is 716 g/mol. The van der Waals surface area contributed by atoms with E-state index in [-0.39, 0.29) is 27.6 Å². The number of aliphatic carboxylic acids is 1. The molecule has 0 unspecified atom stereocenters.